The summed E-state index contributed by atoms with van der Waals surface area (Å²) in [7, 11) is 0. The van der Waals surface area contributed by atoms with Crippen LogP contribution in [0.25, 0.3) is 0 Å². The Balaban J connectivity index is 1.80. The molecule has 0 aromatic heterocycles. The van der Waals surface area contributed by atoms with Gasteiger partial charge in [0.1, 0.15) is 0 Å². The van der Waals surface area contributed by atoms with Gasteiger partial charge in [-0.15, -0.1) is 0 Å². The topological polar surface area (TPSA) is 21.3 Å². The molecule has 2 heteroatoms. The monoisotopic (exact) mass is 129 g/mol. The van der Waals surface area contributed by atoms with Gasteiger partial charge in [-0.2, -0.15) is 0 Å². The van der Waals surface area contributed by atoms with E-state index in [2.05, 4.69) is 12.2 Å². The number of hydrogen-bond acceptors (Lipinski definition) is 2. The van der Waals surface area contributed by atoms with Gasteiger partial charge in [-0.25, -0.2) is 0 Å². The molecule has 1 aliphatic heterocycles. The van der Waals surface area contributed by atoms with E-state index in [1.165, 1.54) is 0 Å². The van der Waals surface area contributed by atoms with E-state index in [-0.39, 0.29) is 0 Å². The number of hydrogen-bond donors (Lipinski definition) is 1. The standard InChI is InChI=1S/C7H15NO/c1-2-3-9-6-7-4-8-5-7/h7-8H,2-6H2,1H3. The Morgan fingerprint density at radius 3 is 2.78 bits per heavy atom. The van der Waals surface area contributed by atoms with Gasteiger partial charge in [-0.3, -0.25) is 0 Å². The molecule has 0 aromatic rings. The van der Waals surface area contributed by atoms with Gasteiger partial charge in [-0.05, 0) is 6.42 Å². The largest absolute Gasteiger partial charge is 0.381 e. The number of ether oxygens (including phenoxy) is 1. The van der Waals surface area contributed by atoms with E-state index in [1.807, 2.05) is 0 Å². The van der Waals surface area contributed by atoms with Crippen LogP contribution in [0.4, 0.5) is 0 Å². The SMILES string of the molecule is CCCOCC1CNC1. The maximum absolute atomic E-state index is 5.35. The first-order valence-electron chi connectivity index (χ1n) is 3.72. The normalized spacial score (nSPS) is 19.7. The lowest BCUT2D eigenvalue weighted by molar-refractivity contribution is 0.0805. The van der Waals surface area contributed by atoms with E-state index in [4.69, 9.17) is 4.74 Å². The lowest BCUT2D eigenvalue weighted by Crippen LogP contribution is -2.44. The summed E-state index contributed by atoms with van der Waals surface area (Å²) in [6.07, 6.45) is 1.14. The Labute approximate surface area is 56.6 Å². The molecule has 1 heterocycles. The molecule has 0 bridgehead atoms. The summed E-state index contributed by atoms with van der Waals surface area (Å²) in [5.41, 5.74) is 0. The van der Waals surface area contributed by atoms with Gasteiger partial charge in [0.2, 0.25) is 0 Å². The van der Waals surface area contributed by atoms with Gasteiger partial charge in [-0.1, -0.05) is 6.92 Å². The molecule has 0 spiro atoms. The van der Waals surface area contributed by atoms with Crippen LogP contribution < -0.4 is 5.32 Å². The van der Waals surface area contributed by atoms with Crippen molar-refractivity contribution in [3.8, 4) is 0 Å². The minimum absolute atomic E-state index is 0.802. The lowest BCUT2D eigenvalue weighted by atomic mass is 10.1. The zero-order valence-corrected chi connectivity index (χ0v) is 6.02. The van der Waals surface area contributed by atoms with Crippen molar-refractivity contribution in [3.63, 3.8) is 0 Å². The van der Waals surface area contributed by atoms with Crippen molar-refractivity contribution in [2.24, 2.45) is 5.92 Å². The van der Waals surface area contributed by atoms with Crippen molar-refractivity contribution in [2.75, 3.05) is 26.3 Å². The molecule has 0 aromatic carbocycles. The van der Waals surface area contributed by atoms with E-state index in [9.17, 15) is 0 Å². The summed E-state index contributed by atoms with van der Waals surface area (Å²) in [6.45, 7) is 6.34. The van der Waals surface area contributed by atoms with Crippen LogP contribution in [0.2, 0.25) is 0 Å². The first-order chi connectivity index (χ1) is 4.43. The summed E-state index contributed by atoms with van der Waals surface area (Å²) >= 11 is 0. The van der Waals surface area contributed by atoms with Crippen molar-refractivity contribution in [3.05, 3.63) is 0 Å². The van der Waals surface area contributed by atoms with Gasteiger partial charge in [0, 0.05) is 25.6 Å². The molecule has 1 rings (SSSR count). The Kier molecular flexibility index (Phi) is 3.01. The smallest absolute Gasteiger partial charge is 0.0518 e. The van der Waals surface area contributed by atoms with E-state index in [1.54, 1.807) is 0 Å². The molecule has 0 saturated carbocycles. The van der Waals surface area contributed by atoms with Crippen molar-refractivity contribution in [2.45, 2.75) is 13.3 Å². The molecule has 0 atom stereocenters. The van der Waals surface area contributed by atoms with Crippen LogP contribution in [0, 0.1) is 5.92 Å². The summed E-state index contributed by atoms with van der Waals surface area (Å²) in [5.74, 6) is 0.802. The molecule has 0 amide bonds. The molecule has 0 aliphatic carbocycles. The lowest BCUT2D eigenvalue weighted by Gasteiger charge is -2.26. The van der Waals surface area contributed by atoms with Crippen LogP contribution in [0.5, 0.6) is 0 Å². The van der Waals surface area contributed by atoms with Gasteiger partial charge >= 0.3 is 0 Å². The quantitative estimate of drug-likeness (QED) is 0.562. The number of rotatable bonds is 4. The molecule has 0 unspecified atom stereocenters. The van der Waals surface area contributed by atoms with Gasteiger partial charge in [0.25, 0.3) is 0 Å². The molecule has 1 saturated heterocycles. The molecular formula is C7H15NO. The van der Waals surface area contributed by atoms with E-state index < -0.39 is 0 Å². The molecule has 2 nitrogen and oxygen atoms in total. The van der Waals surface area contributed by atoms with Crippen molar-refractivity contribution in [1.29, 1.82) is 0 Å². The zero-order valence-electron chi connectivity index (χ0n) is 6.02. The summed E-state index contributed by atoms with van der Waals surface area (Å²) < 4.78 is 5.35. The van der Waals surface area contributed by atoms with Crippen LogP contribution in [-0.4, -0.2) is 26.3 Å². The Morgan fingerprint density at radius 2 is 2.33 bits per heavy atom. The second-order valence-electron chi connectivity index (χ2n) is 2.60. The first kappa shape index (κ1) is 7.03. The maximum atomic E-state index is 5.35. The van der Waals surface area contributed by atoms with E-state index in [0.717, 1.165) is 38.6 Å². The molecule has 54 valence electrons. The summed E-state index contributed by atoms with van der Waals surface area (Å²) in [5, 5.41) is 3.21. The van der Waals surface area contributed by atoms with Crippen LogP contribution in [-0.2, 0) is 4.74 Å². The average Bonchev–Trinajstić information content (AvgIpc) is 1.76. The average molecular weight is 129 g/mol. The van der Waals surface area contributed by atoms with Crippen LogP contribution in [0.15, 0.2) is 0 Å². The minimum atomic E-state index is 0.802. The highest BCUT2D eigenvalue weighted by molar-refractivity contribution is 4.73. The third-order valence-corrected chi connectivity index (χ3v) is 1.57. The van der Waals surface area contributed by atoms with E-state index >= 15 is 0 Å². The van der Waals surface area contributed by atoms with Gasteiger partial charge in [0.15, 0.2) is 0 Å². The van der Waals surface area contributed by atoms with Gasteiger partial charge < -0.3 is 10.1 Å². The molecule has 1 fully saturated rings. The first-order valence-corrected chi connectivity index (χ1v) is 3.72. The fourth-order valence-electron chi connectivity index (χ4n) is 0.861. The highest BCUT2D eigenvalue weighted by Crippen LogP contribution is 2.02. The molecule has 9 heavy (non-hydrogen) atoms. The number of nitrogens with one attached hydrogen (secondary N) is 1. The highest BCUT2D eigenvalue weighted by Gasteiger charge is 2.15. The second kappa shape index (κ2) is 3.85. The van der Waals surface area contributed by atoms with Gasteiger partial charge in [0.05, 0.1) is 6.61 Å². The van der Waals surface area contributed by atoms with Crippen molar-refractivity contribution in [1.82, 2.24) is 5.32 Å². The van der Waals surface area contributed by atoms with Crippen molar-refractivity contribution >= 4 is 0 Å². The maximum Gasteiger partial charge on any atom is 0.0518 e. The highest BCUT2D eigenvalue weighted by atomic mass is 16.5. The fourth-order valence-corrected chi connectivity index (χ4v) is 0.861. The predicted octanol–water partition coefficient (Wildman–Crippen LogP) is 0.632. The predicted molar refractivity (Wildman–Crippen MR) is 37.5 cm³/mol. The minimum Gasteiger partial charge on any atom is -0.381 e. The summed E-state index contributed by atoms with van der Waals surface area (Å²) in [4.78, 5) is 0. The second-order valence-corrected chi connectivity index (χ2v) is 2.60. The van der Waals surface area contributed by atoms with Crippen LogP contribution in [0.3, 0.4) is 0 Å². The fraction of sp³-hybridized carbons (Fsp3) is 1.00. The Morgan fingerprint density at radius 1 is 1.56 bits per heavy atom. The van der Waals surface area contributed by atoms with Crippen LogP contribution >= 0.6 is 0 Å². The van der Waals surface area contributed by atoms with E-state index in [0.29, 0.717) is 0 Å². The Hall–Kier alpha value is -0.0800. The molecule has 1 N–H and O–H groups in total. The molecular weight excluding hydrogens is 114 g/mol. The third-order valence-electron chi connectivity index (χ3n) is 1.57. The Bertz CT molecular complexity index is 71.3. The summed E-state index contributed by atoms with van der Waals surface area (Å²) in [6, 6.07) is 0. The van der Waals surface area contributed by atoms with Crippen LogP contribution in [0.1, 0.15) is 13.3 Å². The molecule has 0 radical (unpaired) electrons. The van der Waals surface area contributed by atoms with Crippen molar-refractivity contribution < 1.29 is 4.74 Å². The third kappa shape index (κ3) is 2.33. The molecule has 1 aliphatic rings. The zero-order chi connectivity index (χ0) is 6.53.